The summed E-state index contributed by atoms with van der Waals surface area (Å²) in [6, 6.07) is 1.21. The minimum atomic E-state index is -3.63. The summed E-state index contributed by atoms with van der Waals surface area (Å²) in [4.78, 5) is 10.9. The third-order valence-electron chi connectivity index (χ3n) is 3.32. The number of rotatable bonds is 5. The van der Waals surface area contributed by atoms with E-state index in [1.165, 1.54) is 17.4 Å². The third kappa shape index (κ3) is 3.01. The summed E-state index contributed by atoms with van der Waals surface area (Å²) in [5, 5.41) is 8.90. The zero-order valence-electron chi connectivity index (χ0n) is 10.5. The number of carboxylic acids is 1. The molecule has 1 saturated carbocycles. The van der Waals surface area contributed by atoms with E-state index in [0.717, 1.165) is 17.8 Å². The quantitative estimate of drug-likeness (QED) is 0.867. The Morgan fingerprint density at radius 2 is 2.21 bits per heavy atom. The zero-order valence-corrected chi connectivity index (χ0v) is 13.7. The summed E-state index contributed by atoms with van der Waals surface area (Å²) in [5.41, 5.74) is 0. The first-order valence-corrected chi connectivity index (χ1v) is 8.77. The van der Waals surface area contributed by atoms with Crippen LogP contribution < -0.4 is 0 Å². The van der Waals surface area contributed by atoms with E-state index in [1.54, 1.807) is 0 Å². The SMILES string of the molecule is CC1CC1CN(C)S(=O)(=O)c1cc(C(=O)O)sc1Br. The predicted octanol–water partition coefficient (Wildman–Crippen LogP) is 2.49. The molecule has 106 valence electrons. The maximum atomic E-state index is 12.4. The van der Waals surface area contributed by atoms with E-state index >= 15 is 0 Å². The lowest BCUT2D eigenvalue weighted by Crippen LogP contribution is -2.29. The van der Waals surface area contributed by atoms with Gasteiger partial charge in [-0.05, 0) is 40.3 Å². The average Bonchev–Trinajstić information content (AvgIpc) is 2.84. The Morgan fingerprint density at radius 3 is 2.63 bits per heavy atom. The van der Waals surface area contributed by atoms with Gasteiger partial charge < -0.3 is 5.11 Å². The maximum absolute atomic E-state index is 12.4. The van der Waals surface area contributed by atoms with Crippen molar-refractivity contribution >= 4 is 43.3 Å². The van der Waals surface area contributed by atoms with Gasteiger partial charge in [-0.3, -0.25) is 0 Å². The molecule has 0 aliphatic heterocycles. The summed E-state index contributed by atoms with van der Waals surface area (Å²) >= 11 is 4.05. The molecule has 19 heavy (non-hydrogen) atoms. The lowest BCUT2D eigenvalue weighted by molar-refractivity contribution is 0.0702. The molecule has 1 aromatic rings. The average molecular weight is 368 g/mol. The van der Waals surface area contributed by atoms with Crippen molar-refractivity contribution in [2.75, 3.05) is 13.6 Å². The molecule has 1 aliphatic carbocycles. The fourth-order valence-electron chi connectivity index (χ4n) is 1.88. The number of carboxylic acid groups (broad SMARTS) is 1. The normalized spacial score (nSPS) is 22.7. The highest BCUT2D eigenvalue weighted by Gasteiger charge is 2.37. The first-order chi connectivity index (χ1) is 8.73. The first kappa shape index (κ1) is 15.0. The Morgan fingerprint density at radius 1 is 1.63 bits per heavy atom. The van der Waals surface area contributed by atoms with Gasteiger partial charge in [-0.25, -0.2) is 17.5 Å². The van der Waals surface area contributed by atoms with E-state index in [9.17, 15) is 13.2 Å². The molecule has 2 atom stereocenters. The second kappa shape index (κ2) is 5.16. The van der Waals surface area contributed by atoms with Crippen LogP contribution in [-0.4, -0.2) is 37.4 Å². The molecule has 1 fully saturated rings. The number of hydrogen-bond acceptors (Lipinski definition) is 4. The minimum absolute atomic E-state index is 0.0126. The van der Waals surface area contributed by atoms with Gasteiger partial charge in [-0.1, -0.05) is 6.92 Å². The molecule has 1 N–H and O–H groups in total. The van der Waals surface area contributed by atoms with Crippen molar-refractivity contribution in [3.8, 4) is 0 Å². The molecular weight excluding hydrogens is 354 g/mol. The summed E-state index contributed by atoms with van der Waals surface area (Å²) < 4.78 is 26.4. The molecule has 1 aliphatic rings. The van der Waals surface area contributed by atoms with E-state index in [-0.39, 0.29) is 9.77 Å². The van der Waals surface area contributed by atoms with Gasteiger partial charge in [0.2, 0.25) is 10.0 Å². The molecular formula is C11H14BrNO4S2. The number of nitrogens with zero attached hydrogens (tertiary/aromatic N) is 1. The van der Waals surface area contributed by atoms with Crippen molar-refractivity contribution in [2.45, 2.75) is 18.2 Å². The van der Waals surface area contributed by atoms with Gasteiger partial charge in [-0.15, -0.1) is 11.3 Å². The molecule has 2 unspecified atom stereocenters. The van der Waals surface area contributed by atoms with Gasteiger partial charge in [0.15, 0.2) is 0 Å². The van der Waals surface area contributed by atoms with Crippen LogP contribution in [0.3, 0.4) is 0 Å². The maximum Gasteiger partial charge on any atom is 0.345 e. The minimum Gasteiger partial charge on any atom is -0.477 e. The summed E-state index contributed by atoms with van der Waals surface area (Å²) in [7, 11) is -2.09. The number of thiophene rings is 1. The number of carbonyl (C=O) groups is 1. The van der Waals surface area contributed by atoms with Crippen molar-refractivity contribution in [1.29, 1.82) is 0 Å². The third-order valence-corrected chi connectivity index (χ3v) is 7.39. The molecule has 1 aromatic heterocycles. The van der Waals surface area contributed by atoms with Crippen LogP contribution in [0.1, 0.15) is 23.0 Å². The molecule has 5 nitrogen and oxygen atoms in total. The predicted molar refractivity (Wildman–Crippen MR) is 76.1 cm³/mol. The molecule has 1 heterocycles. The Balaban J connectivity index is 2.25. The fourth-order valence-corrected chi connectivity index (χ4v) is 5.46. The highest BCUT2D eigenvalue weighted by Crippen LogP contribution is 2.40. The standard InChI is InChI=1S/C11H14BrNO4S2/c1-6-3-7(6)5-13(2)19(16,17)9-4-8(11(14)15)18-10(9)12/h4,6-7H,3,5H2,1-2H3,(H,14,15). The van der Waals surface area contributed by atoms with E-state index in [2.05, 4.69) is 22.9 Å². The number of halogens is 1. The molecule has 0 bridgehead atoms. The van der Waals surface area contributed by atoms with Gasteiger partial charge in [0.05, 0.1) is 3.79 Å². The van der Waals surface area contributed by atoms with Gasteiger partial charge in [0.25, 0.3) is 0 Å². The van der Waals surface area contributed by atoms with Crippen molar-refractivity contribution in [2.24, 2.45) is 11.8 Å². The Kier molecular flexibility index (Phi) is 4.06. The molecule has 0 saturated heterocycles. The topological polar surface area (TPSA) is 74.7 Å². The molecule has 0 spiro atoms. The van der Waals surface area contributed by atoms with Crippen molar-refractivity contribution in [3.05, 3.63) is 14.7 Å². The van der Waals surface area contributed by atoms with Gasteiger partial charge >= 0.3 is 5.97 Å². The van der Waals surface area contributed by atoms with E-state index in [0.29, 0.717) is 22.2 Å². The summed E-state index contributed by atoms with van der Waals surface area (Å²) in [6.07, 6.45) is 1.05. The molecule has 8 heteroatoms. The van der Waals surface area contributed by atoms with Crippen molar-refractivity contribution in [1.82, 2.24) is 4.31 Å². The smallest absolute Gasteiger partial charge is 0.345 e. The van der Waals surface area contributed by atoms with Crippen LogP contribution in [0, 0.1) is 11.8 Å². The van der Waals surface area contributed by atoms with Gasteiger partial charge in [0.1, 0.15) is 9.77 Å². The Hall–Kier alpha value is -0.440. The summed E-state index contributed by atoms with van der Waals surface area (Å²) in [6.45, 7) is 2.57. The lowest BCUT2D eigenvalue weighted by atomic mass is 10.3. The van der Waals surface area contributed by atoms with Crippen LogP contribution >= 0.6 is 27.3 Å². The van der Waals surface area contributed by atoms with E-state index in [1.807, 2.05) is 0 Å². The molecule has 0 aromatic carbocycles. The van der Waals surface area contributed by atoms with Crippen molar-refractivity contribution < 1.29 is 18.3 Å². The van der Waals surface area contributed by atoms with E-state index < -0.39 is 16.0 Å². The van der Waals surface area contributed by atoms with Crippen LogP contribution in [0.15, 0.2) is 14.7 Å². The number of sulfonamides is 1. The lowest BCUT2D eigenvalue weighted by Gasteiger charge is -2.16. The van der Waals surface area contributed by atoms with Gasteiger partial charge in [0, 0.05) is 13.6 Å². The van der Waals surface area contributed by atoms with Crippen LogP contribution in [-0.2, 0) is 10.0 Å². The molecule has 0 amide bonds. The monoisotopic (exact) mass is 367 g/mol. The first-order valence-electron chi connectivity index (χ1n) is 5.72. The van der Waals surface area contributed by atoms with Gasteiger partial charge in [-0.2, -0.15) is 0 Å². The second-order valence-electron chi connectivity index (χ2n) is 4.81. The van der Waals surface area contributed by atoms with Crippen molar-refractivity contribution in [3.63, 3.8) is 0 Å². The highest BCUT2D eigenvalue weighted by atomic mass is 79.9. The van der Waals surface area contributed by atoms with Crippen LogP contribution in [0.4, 0.5) is 0 Å². The highest BCUT2D eigenvalue weighted by molar-refractivity contribution is 9.11. The largest absolute Gasteiger partial charge is 0.477 e. The summed E-state index contributed by atoms with van der Waals surface area (Å²) in [5.74, 6) is -0.139. The van der Waals surface area contributed by atoms with Crippen LogP contribution in [0.5, 0.6) is 0 Å². The van der Waals surface area contributed by atoms with Crippen LogP contribution in [0.25, 0.3) is 0 Å². The zero-order chi connectivity index (χ0) is 14.4. The van der Waals surface area contributed by atoms with Crippen LogP contribution in [0.2, 0.25) is 0 Å². The number of hydrogen-bond donors (Lipinski definition) is 1. The Bertz CT molecular complexity index is 610. The second-order valence-corrected chi connectivity index (χ2v) is 9.20. The molecule has 2 rings (SSSR count). The Labute approximate surface area is 124 Å². The fraction of sp³-hybridized carbons (Fsp3) is 0.545. The number of aromatic carboxylic acids is 1. The molecule has 0 radical (unpaired) electrons. The van der Waals surface area contributed by atoms with E-state index in [4.69, 9.17) is 5.11 Å².